The lowest BCUT2D eigenvalue weighted by molar-refractivity contribution is -0.137. The van der Waals surface area contributed by atoms with E-state index in [9.17, 15) is 22.8 Å². The molecule has 1 N–H and O–H groups in total. The van der Waals surface area contributed by atoms with Gasteiger partial charge in [-0.2, -0.15) is 13.2 Å². The molecule has 5 nitrogen and oxygen atoms in total. The van der Waals surface area contributed by atoms with E-state index in [0.717, 1.165) is 18.2 Å². The van der Waals surface area contributed by atoms with Gasteiger partial charge in [-0.15, -0.1) is 0 Å². The molecule has 0 bridgehead atoms. The van der Waals surface area contributed by atoms with Crippen molar-refractivity contribution in [3.8, 4) is 5.75 Å². The van der Waals surface area contributed by atoms with Crippen molar-refractivity contribution in [2.24, 2.45) is 0 Å². The average Bonchev–Trinajstić information content (AvgIpc) is 2.65. The second kappa shape index (κ2) is 9.07. The van der Waals surface area contributed by atoms with Gasteiger partial charge >= 0.3 is 12.1 Å². The number of ether oxygens (including phenoxy) is 2. The summed E-state index contributed by atoms with van der Waals surface area (Å²) in [7, 11) is 0. The molecule has 0 aliphatic carbocycles. The van der Waals surface area contributed by atoms with Gasteiger partial charge in [0.05, 0.1) is 23.4 Å². The Balaban J connectivity index is 2.07. The monoisotopic (exact) mass is 381 g/mol. The molecular weight excluding hydrogens is 363 g/mol. The Morgan fingerprint density at radius 1 is 1.07 bits per heavy atom. The molecule has 2 aromatic rings. The topological polar surface area (TPSA) is 64.6 Å². The van der Waals surface area contributed by atoms with Gasteiger partial charge in [-0.25, -0.2) is 4.79 Å². The van der Waals surface area contributed by atoms with E-state index in [1.165, 1.54) is 12.1 Å². The van der Waals surface area contributed by atoms with Gasteiger partial charge in [-0.05, 0) is 36.8 Å². The lowest BCUT2D eigenvalue weighted by atomic mass is 10.1. The number of rotatable bonds is 7. The van der Waals surface area contributed by atoms with Crippen LogP contribution >= 0.6 is 0 Å². The Bertz CT molecular complexity index is 791. The fourth-order valence-electron chi connectivity index (χ4n) is 2.12. The Labute approximate surface area is 154 Å². The summed E-state index contributed by atoms with van der Waals surface area (Å²) in [5.74, 6) is -1.38. The van der Waals surface area contributed by atoms with Crippen LogP contribution in [0.2, 0.25) is 0 Å². The van der Waals surface area contributed by atoms with Crippen molar-refractivity contribution >= 4 is 17.6 Å². The van der Waals surface area contributed by atoms with E-state index in [0.29, 0.717) is 6.42 Å². The first-order valence-corrected chi connectivity index (χ1v) is 8.17. The zero-order valence-electron chi connectivity index (χ0n) is 14.5. The van der Waals surface area contributed by atoms with Crippen LogP contribution in [-0.4, -0.2) is 25.1 Å². The molecule has 8 heteroatoms. The third-order valence-corrected chi connectivity index (χ3v) is 3.39. The molecule has 0 aromatic heterocycles. The summed E-state index contributed by atoms with van der Waals surface area (Å²) in [5, 5.41) is 2.30. The summed E-state index contributed by atoms with van der Waals surface area (Å²) in [5.41, 5.74) is -0.807. The predicted octanol–water partition coefficient (Wildman–Crippen LogP) is 4.29. The molecule has 0 aliphatic rings. The summed E-state index contributed by atoms with van der Waals surface area (Å²) in [4.78, 5) is 23.8. The lowest BCUT2D eigenvalue weighted by Gasteiger charge is -2.15. The minimum atomic E-state index is -4.57. The maximum absolute atomic E-state index is 12.9. The molecule has 0 spiro atoms. The van der Waals surface area contributed by atoms with E-state index in [-0.39, 0.29) is 23.6 Å². The standard InChI is InChI=1S/C19H18F3NO4/c1-2-10-26-16-9-8-14(19(20,21)22)11-15(16)23-17(24)12-27-18(25)13-6-4-3-5-7-13/h3-9,11H,2,10,12H2,1H3,(H,23,24). The number of amides is 1. The molecule has 0 atom stereocenters. The molecule has 144 valence electrons. The van der Waals surface area contributed by atoms with E-state index in [1.54, 1.807) is 18.2 Å². The molecule has 0 fully saturated rings. The van der Waals surface area contributed by atoms with E-state index in [2.05, 4.69) is 5.32 Å². The van der Waals surface area contributed by atoms with Crippen LogP contribution in [0.4, 0.5) is 18.9 Å². The second-order valence-corrected chi connectivity index (χ2v) is 5.55. The molecule has 27 heavy (non-hydrogen) atoms. The Hall–Kier alpha value is -3.03. The Morgan fingerprint density at radius 2 is 1.78 bits per heavy atom. The van der Waals surface area contributed by atoms with Crippen molar-refractivity contribution in [1.82, 2.24) is 0 Å². The normalized spacial score (nSPS) is 11.0. The highest BCUT2D eigenvalue weighted by molar-refractivity contribution is 5.96. The molecule has 0 aliphatic heterocycles. The summed E-state index contributed by atoms with van der Waals surface area (Å²) in [6, 6.07) is 10.8. The van der Waals surface area contributed by atoms with Gasteiger partial charge in [0.15, 0.2) is 6.61 Å². The van der Waals surface area contributed by atoms with E-state index in [1.807, 2.05) is 6.92 Å². The van der Waals surface area contributed by atoms with Gasteiger partial charge in [0.25, 0.3) is 5.91 Å². The molecule has 1 amide bonds. The minimum Gasteiger partial charge on any atom is -0.491 e. The van der Waals surface area contributed by atoms with Gasteiger partial charge in [0.2, 0.25) is 0 Å². The molecule has 0 unspecified atom stereocenters. The van der Waals surface area contributed by atoms with Gasteiger partial charge in [0, 0.05) is 0 Å². The molecule has 0 saturated carbocycles. The number of hydrogen-bond donors (Lipinski definition) is 1. The van der Waals surface area contributed by atoms with Gasteiger partial charge in [-0.3, -0.25) is 4.79 Å². The number of carbonyl (C=O) groups excluding carboxylic acids is 2. The van der Waals surface area contributed by atoms with Crippen LogP contribution in [0.5, 0.6) is 5.75 Å². The fourth-order valence-corrected chi connectivity index (χ4v) is 2.12. The highest BCUT2D eigenvalue weighted by Gasteiger charge is 2.31. The van der Waals surface area contributed by atoms with Crippen molar-refractivity contribution < 1.29 is 32.2 Å². The number of halogens is 3. The van der Waals surface area contributed by atoms with Crippen LogP contribution in [-0.2, 0) is 15.7 Å². The van der Waals surface area contributed by atoms with Crippen LogP contribution in [0.25, 0.3) is 0 Å². The summed E-state index contributed by atoms with van der Waals surface area (Å²) in [6.07, 6.45) is -3.92. The molecular formula is C19H18F3NO4. The highest BCUT2D eigenvalue weighted by atomic mass is 19.4. The van der Waals surface area contributed by atoms with Crippen LogP contribution < -0.4 is 10.1 Å². The summed E-state index contributed by atoms with van der Waals surface area (Å²) in [6.45, 7) is 1.47. The van der Waals surface area contributed by atoms with E-state index < -0.39 is 30.2 Å². The maximum atomic E-state index is 12.9. The third-order valence-electron chi connectivity index (χ3n) is 3.39. The number of anilines is 1. The van der Waals surface area contributed by atoms with Crippen molar-refractivity contribution in [1.29, 1.82) is 0 Å². The zero-order valence-corrected chi connectivity index (χ0v) is 14.5. The van der Waals surface area contributed by atoms with Crippen molar-refractivity contribution in [2.75, 3.05) is 18.5 Å². The predicted molar refractivity (Wildman–Crippen MR) is 92.6 cm³/mol. The van der Waals surface area contributed by atoms with Crippen LogP contribution in [0, 0.1) is 0 Å². The summed E-state index contributed by atoms with van der Waals surface area (Å²) < 4.78 is 48.9. The quantitative estimate of drug-likeness (QED) is 0.727. The van der Waals surface area contributed by atoms with Crippen LogP contribution in [0.15, 0.2) is 48.5 Å². The number of esters is 1. The second-order valence-electron chi connectivity index (χ2n) is 5.55. The van der Waals surface area contributed by atoms with Crippen molar-refractivity contribution in [2.45, 2.75) is 19.5 Å². The molecule has 0 saturated heterocycles. The molecule has 2 rings (SSSR count). The first-order chi connectivity index (χ1) is 12.8. The van der Waals surface area contributed by atoms with E-state index in [4.69, 9.17) is 9.47 Å². The first kappa shape index (κ1) is 20.3. The first-order valence-electron chi connectivity index (χ1n) is 8.17. The maximum Gasteiger partial charge on any atom is 0.416 e. The van der Waals surface area contributed by atoms with E-state index >= 15 is 0 Å². The number of carbonyl (C=O) groups is 2. The van der Waals surface area contributed by atoms with Crippen LogP contribution in [0.1, 0.15) is 29.3 Å². The Morgan fingerprint density at radius 3 is 2.41 bits per heavy atom. The number of benzene rings is 2. The lowest BCUT2D eigenvalue weighted by Crippen LogP contribution is -2.21. The summed E-state index contributed by atoms with van der Waals surface area (Å²) >= 11 is 0. The highest BCUT2D eigenvalue weighted by Crippen LogP contribution is 2.35. The number of hydrogen-bond acceptors (Lipinski definition) is 4. The molecule has 0 radical (unpaired) electrons. The largest absolute Gasteiger partial charge is 0.491 e. The SMILES string of the molecule is CCCOc1ccc(C(F)(F)F)cc1NC(=O)COC(=O)c1ccccc1. The average molecular weight is 381 g/mol. The van der Waals surface area contributed by atoms with Crippen molar-refractivity contribution in [3.63, 3.8) is 0 Å². The van der Waals surface area contributed by atoms with Gasteiger partial charge in [-0.1, -0.05) is 25.1 Å². The number of alkyl halides is 3. The third kappa shape index (κ3) is 6.02. The number of nitrogens with one attached hydrogen (secondary N) is 1. The zero-order chi connectivity index (χ0) is 19.9. The van der Waals surface area contributed by atoms with Gasteiger partial charge in [0.1, 0.15) is 5.75 Å². The van der Waals surface area contributed by atoms with Crippen LogP contribution in [0.3, 0.4) is 0 Å². The fraction of sp³-hybridized carbons (Fsp3) is 0.263. The minimum absolute atomic E-state index is 0.104. The molecule has 2 aromatic carbocycles. The Kier molecular flexibility index (Phi) is 6.81. The van der Waals surface area contributed by atoms with Crippen molar-refractivity contribution in [3.05, 3.63) is 59.7 Å². The van der Waals surface area contributed by atoms with Gasteiger partial charge < -0.3 is 14.8 Å². The molecule has 0 heterocycles. The smallest absolute Gasteiger partial charge is 0.416 e.